The van der Waals surface area contributed by atoms with Crippen LogP contribution in [0.4, 0.5) is 39.5 Å². The Labute approximate surface area is 205 Å². The Morgan fingerprint density at radius 1 is 0.811 bits per heavy atom. The van der Waals surface area contributed by atoms with Crippen molar-refractivity contribution in [2.45, 2.75) is 42.8 Å². The molecule has 1 aliphatic heterocycles. The van der Waals surface area contributed by atoms with Crippen molar-refractivity contribution in [1.29, 1.82) is 0 Å². The van der Waals surface area contributed by atoms with Crippen LogP contribution in [0.2, 0.25) is 0 Å². The van der Waals surface area contributed by atoms with Crippen LogP contribution in [0.3, 0.4) is 0 Å². The number of benzene rings is 2. The van der Waals surface area contributed by atoms with Gasteiger partial charge in [-0.1, -0.05) is 12.1 Å². The van der Waals surface area contributed by atoms with Gasteiger partial charge in [-0.05, 0) is 42.8 Å². The van der Waals surface area contributed by atoms with E-state index in [1.807, 2.05) is 0 Å². The van der Waals surface area contributed by atoms with Gasteiger partial charge in [0.1, 0.15) is 0 Å². The number of sulfonamides is 1. The lowest BCUT2D eigenvalue weighted by atomic mass is 10.1. The topological polar surface area (TPSA) is 57.7 Å². The van der Waals surface area contributed by atoms with Gasteiger partial charge >= 0.3 is 18.5 Å². The van der Waals surface area contributed by atoms with Crippen molar-refractivity contribution in [1.82, 2.24) is 9.21 Å². The van der Waals surface area contributed by atoms with Gasteiger partial charge in [-0.25, -0.2) is 8.42 Å². The molecular formula is C22H19F9N2O3S. The maximum absolute atomic E-state index is 13.2. The van der Waals surface area contributed by atoms with Gasteiger partial charge in [-0.3, -0.25) is 4.79 Å². The molecule has 1 unspecified atom stereocenters. The molecule has 1 atom stereocenters. The maximum atomic E-state index is 13.2. The number of carbonyl (C=O) groups excluding carboxylic acids is 1. The lowest BCUT2D eigenvalue weighted by Gasteiger charge is -2.39. The molecule has 2 aromatic carbocycles. The van der Waals surface area contributed by atoms with E-state index in [9.17, 15) is 52.7 Å². The number of alkyl halides is 9. The van der Waals surface area contributed by atoms with E-state index in [1.54, 1.807) is 0 Å². The van der Waals surface area contributed by atoms with Gasteiger partial charge < -0.3 is 4.90 Å². The van der Waals surface area contributed by atoms with Crippen LogP contribution in [0.1, 0.15) is 29.2 Å². The smallest absolute Gasteiger partial charge is 0.337 e. The van der Waals surface area contributed by atoms with Crippen molar-refractivity contribution in [3.63, 3.8) is 0 Å². The number of rotatable bonds is 4. The first-order valence-electron chi connectivity index (χ1n) is 10.6. The molecule has 0 N–H and O–H groups in total. The summed E-state index contributed by atoms with van der Waals surface area (Å²) in [5.41, 5.74) is -4.19. The Bertz CT molecular complexity index is 1220. The lowest BCUT2D eigenvalue weighted by molar-refractivity contribution is -0.143. The quantitative estimate of drug-likeness (QED) is 0.481. The zero-order valence-electron chi connectivity index (χ0n) is 18.9. The zero-order chi connectivity index (χ0) is 28.0. The van der Waals surface area contributed by atoms with E-state index in [0.29, 0.717) is 4.31 Å². The molecule has 0 saturated carbocycles. The van der Waals surface area contributed by atoms with E-state index >= 15 is 0 Å². The highest BCUT2D eigenvalue weighted by molar-refractivity contribution is 7.89. The number of hydrogen-bond donors (Lipinski definition) is 0. The molecular weight excluding hydrogens is 543 g/mol. The van der Waals surface area contributed by atoms with Crippen LogP contribution in [0.15, 0.2) is 47.4 Å². The highest BCUT2D eigenvalue weighted by Gasteiger charge is 2.40. The average Bonchev–Trinajstić information content (AvgIpc) is 2.77. The molecule has 1 saturated heterocycles. The number of carbonyl (C=O) groups is 1. The predicted molar refractivity (Wildman–Crippen MR) is 112 cm³/mol. The van der Waals surface area contributed by atoms with Crippen LogP contribution in [0.25, 0.3) is 0 Å². The Morgan fingerprint density at radius 2 is 1.30 bits per heavy atom. The van der Waals surface area contributed by atoms with Crippen LogP contribution in [-0.4, -0.2) is 49.2 Å². The van der Waals surface area contributed by atoms with Crippen LogP contribution in [0, 0.1) is 0 Å². The third-order valence-corrected chi connectivity index (χ3v) is 7.59. The van der Waals surface area contributed by atoms with Crippen LogP contribution >= 0.6 is 0 Å². The van der Waals surface area contributed by atoms with Crippen LogP contribution < -0.4 is 0 Å². The fraction of sp³-hybridized carbons (Fsp3) is 0.409. The third-order valence-electron chi connectivity index (χ3n) is 5.75. The van der Waals surface area contributed by atoms with Gasteiger partial charge in [-0.2, -0.15) is 43.8 Å². The standard InChI is InChI=1S/C22H19F9N2O3S/c1-13-12-32(6-7-33(13)19(34)8-14-2-4-15(5-3-14)20(23,24)25)37(35,36)18-10-16(21(26,27)28)9-17(11-18)22(29,30)31/h2-5,9-11,13H,6-8,12H2,1H3. The molecule has 5 nitrogen and oxygen atoms in total. The van der Waals surface area contributed by atoms with Crippen LogP contribution in [0.5, 0.6) is 0 Å². The Morgan fingerprint density at radius 3 is 1.73 bits per heavy atom. The molecule has 37 heavy (non-hydrogen) atoms. The average molecular weight is 562 g/mol. The van der Waals surface area contributed by atoms with E-state index in [4.69, 9.17) is 0 Å². The lowest BCUT2D eigenvalue weighted by Crippen LogP contribution is -2.55. The second-order valence-electron chi connectivity index (χ2n) is 8.41. The summed E-state index contributed by atoms with van der Waals surface area (Å²) in [6, 6.07) is 3.10. The highest BCUT2D eigenvalue weighted by Crippen LogP contribution is 2.38. The summed E-state index contributed by atoms with van der Waals surface area (Å²) >= 11 is 0. The van der Waals surface area contributed by atoms with Crippen molar-refractivity contribution in [3.05, 3.63) is 64.7 Å². The summed E-state index contributed by atoms with van der Waals surface area (Å²) < 4.78 is 144. The Kier molecular flexibility index (Phi) is 7.63. The Hall–Kier alpha value is -2.81. The van der Waals surface area contributed by atoms with Gasteiger partial charge in [0.25, 0.3) is 0 Å². The van der Waals surface area contributed by atoms with Gasteiger partial charge in [0.2, 0.25) is 15.9 Å². The molecule has 0 spiro atoms. The van der Waals surface area contributed by atoms with E-state index in [1.165, 1.54) is 11.8 Å². The molecule has 15 heteroatoms. The summed E-state index contributed by atoms with van der Waals surface area (Å²) in [5.74, 6) is -0.539. The van der Waals surface area contributed by atoms with Gasteiger partial charge in [0, 0.05) is 25.7 Å². The van der Waals surface area contributed by atoms with Crippen molar-refractivity contribution in [2.75, 3.05) is 19.6 Å². The largest absolute Gasteiger partial charge is 0.416 e. The predicted octanol–water partition coefficient (Wildman–Crippen LogP) is 5.21. The molecule has 2 aromatic rings. The molecule has 1 aliphatic rings. The minimum Gasteiger partial charge on any atom is -0.337 e. The monoisotopic (exact) mass is 562 g/mol. The van der Waals surface area contributed by atoms with E-state index in [0.717, 1.165) is 24.3 Å². The number of hydrogen-bond acceptors (Lipinski definition) is 3. The molecule has 1 fully saturated rings. The second kappa shape index (κ2) is 9.82. The summed E-state index contributed by atoms with van der Waals surface area (Å²) in [7, 11) is -4.80. The van der Waals surface area contributed by atoms with Crippen molar-refractivity contribution in [2.24, 2.45) is 0 Å². The van der Waals surface area contributed by atoms with Crippen molar-refractivity contribution in [3.8, 4) is 0 Å². The van der Waals surface area contributed by atoms with Crippen molar-refractivity contribution < 1.29 is 52.7 Å². The maximum Gasteiger partial charge on any atom is 0.416 e. The Balaban J connectivity index is 1.78. The summed E-state index contributed by atoms with van der Waals surface area (Å²) in [4.78, 5) is 12.7. The summed E-state index contributed by atoms with van der Waals surface area (Å²) in [6.07, 6.45) is -15.3. The molecule has 1 amide bonds. The number of piperazine rings is 1. The minimum atomic E-state index is -5.23. The molecule has 0 radical (unpaired) electrons. The number of halogens is 9. The molecule has 0 bridgehead atoms. The highest BCUT2D eigenvalue weighted by atomic mass is 32.2. The molecule has 0 aliphatic carbocycles. The van der Waals surface area contributed by atoms with E-state index in [2.05, 4.69) is 0 Å². The summed E-state index contributed by atoms with van der Waals surface area (Å²) in [6.45, 7) is 0.367. The van der Waals surface area contributed by atoms with E-state index < -0.39 is 75.2 Å². The molecule has 1 heterocycles. The van der Waals surface area contributed by atoms with Crippen molar-refractivity contribution >= 4 is 15.9 Å². The number of amides is 1. The SMILES string of the molecule is CC1CN(S(=O)(=O)c2cc(C(F)(F)F)cc(C(F)(F)F)c2)CCN1C(=O)Cc1ccc(C(F)(F)F)cc1. The van der Waals surface area contributed by atoms with Gasteiger partial charge in [0.15, 0.2) is 0 Å². The van der Waals surface area contributed by atoms with Gasteiger partial charge in [0.05, 0.1) is 28.0 Å². The molecule has 204 valence electrons. The molecule has 0 aromatic heterocycles. The van der Waals surface area contributed by atoms with Crippen LogP contribution in [-0.2, 0) is 39.8 Å². The first-order chi connectivity index (χ1) is 16.8. The van der Waals surface area contributed by atoms with E-state index in [-0.39, 0.29) is 36.7 Å². The fourth-order valence-corrected chi connectivity index (χ4v) is 5.41. The first kappa shape index (κ1) is 28.8. The third kappa shape index (κ3) is 6.55. The first-order valence-corrected chi connectivity index (χ1v) is 12.0. The fourth-order valence-electron chi connectivity index (χ4n) is 3.83. The molecule has 3 rings (SSSR count). The second-order valence-corrected chi connectivity index (χ2v) is 10.4. The zero-order valence-corrected chi connectivity index (χ0v) is 19.7. The number of nitrogens with zero attached hydrogens (tertiary/aromatic N) is 2. The normalized spacial score (nSPS) is 18.2. The summed E-state index contributed by atoms with van der Waals surface area (Å²) in [5, 5.41) is 0. The minimum absolute atomic E-state index is 0.122. The van der Waals surface area contributed by atoms with Gasteiger partial charge in [-0.15, -0.1) is 0 Å².